The van der Waals surface area contributed by atoms with E-state index in [2.05, 4.69) is 10.4 Å². The molecule has 3 aromatic rings. The number of amides is 1. The van der Waals surface area contributed by atoms with Crippen molar-refractivity contribution < 1.29 is 18.1 Å². The van der Waals surface area contributed by atoms with E-state index < -0.39 is 20.7 Å². The van der Waals surface area contributed by atoms with Crippen LogP contribution in [-0.4, -0.2) is 29.0 Å². The fourth-order valence-corrected chi connectivity index (χ4v) is 4.91. The van der Waals surface area contributed by atoms with Crippen molar-refractivity contribution in [2.45, 2.75) is 25.4 Å². The van der Waals surface area contributed by atoms with Gasteiger partial charge < -0.3 is 5.32 Å². The number of nitro groups is 1. The number of fused-ring (bicyclic) bond motifs is 1. The van der Waals surface area contributed by atoms with E-state index in [-0.39, 0.29) is 28.6 Å². The molecule has 1 aliphatic rings. The minimum Gasteiger partial charge on any atom is -0.306 e. The van der Waals surface area contributed by atoms with Gasteiger partial charge in [-0.2, -0.15) is 5.10 Å². The zero-order valence-electron chi connectivity index (χ0n) is 16.2. The number of hydrogen-bond donors (Lipinski definition) is 1. The minimum absolute atomic E-state index is 0.120. The Bertz CT molecular complexity index is 1310. The van der Waals surface area contributed by atoms with Gasteiger partial charge in [-0.15, -0.1) is 0 Å². The molecule has 154 valence electrons. The molecule has 0 saturated carbocycles. The number of benzene rings is 2. The molecule has 0 spiro atoms. The van der Waals surface area contributed by atoms with E-state index in [0.29, 0.717) is 16.9 Å². The molecular weight excluding hydrogens is 408 g/mol. The van der Waals surface area contributed by atoms with Crippen LogP contribution in [0.25, 0.3) is 5.69 Å². The van der Waals surface area contributed by atoms with Crippen molar-refractivity contribution >= 4 is 27.2 Å². The molecule has 2 aromatic carbocycles. The van der Waals surface area contributed by atoms with Gasteiger partial charge in [-0.05, 0) is 43.2 Å². The predicted molar refractivity (Wildman–Crippen MR) is 110 cm³/mol. The molecule has 0 radical (unpaired) electrons. The molecule has 1 N–H and O–H groups in total. The SMILES string of the molecule is Cc1ccc(-n2nc3c(c2NC(=O)c2ccccc2[N+](=O)[O-])CS(=O)(=O)C3)cc1C. The van der Waals surface area contributed by atoms with E-state index in [1.807, 2.05) is 32.0 Å². The summed E-state index contributed by atoms with van der Waals surface area (Å²) in [5.74, 6) is -0.967. The van der Waals surface area contributed by atoms with E-state index in [0.717, 1.165) is 11.1 Å². The summed E-state index contributed by atoms with van der Waals surface area (Å²) in [6.07, 6.45) is 0. The van der Waals surface area contributed by atoms with E-state index in [9.17, 15) is 23.3 Å². The lowest BCUT2D eigenvalue weighted by molar-refractivity contribution is -0.385. The van der Waals surface area contributed by atoms with Gasteiger partial charge in [-0.3, -0.25) is 14.9 Å². The Hall–Kier alpha value is -3.53. The summed E-state index contributed by atoms with van der Waals surface area (Å²) in [4.78, 5) is 23.6. The molecule has 30 heavy (non-hydrogen) atoms. The average molecular weight is 426 g/mol. The molecule has 1 aromatic heterocycles. The predicted octanol–water partition coefficient (Wildman–Crippen LogP) is 3.08. The van der Waals surface area contributed by atoms with Crippen molar-refractivity contribution in [3.05, 3.63) is 80.5 Å². The van der Waals surface area contributed by atoms with E-state index in [4.69, 9.17) is 0 Å². The highest BCUT2D eigenvalue weighted by molar-refractivity contribution is 7.90. The molecule has 4 rings (SSSR count). The number of nitro benzene ring substituents is 1. The summed E-state index contributed by atoms with van der Waals surface area (Å²) in [6, 6.07) is 11.2. The number of carbonyl (C=O) groups is 1. The average Bonchev–Trinajstić information content (AvgIpc) is 3.16. The van der Waals surface area contributed by atoms with Crippen LogP contribution < -0.4 is 5.32 Å². The Balaban J connectivity index is 1.82. The molecule has 1 amide bonds. The first-order valence-electron chi connectivity index (χ1n) is 9.10. The van der Waals surface area contributed by atoms with Gasteiger partial charge in [0, 0.05) is 11.6 Å². The van der Waals surface area contributed by atoms with Crippen LogP contribution in [0.5, 0.6) is 0 Å². The highest BCUT2D eigenvalue weighted by Gasteiger charge is 2.34. The second-order valence-corrected chi connectivity index (χ2v) is 9.28. The van der Waals surface area contributed by atoms with Crippen LogP contribution in [0.4, 0.5) is 11.5 Å². The smallest absolute Gasteiger partial charge is 0.282 e. The zero-order chi connectivity index (χ0) is 21.6. The van der Waals surface area contributed by atoms with Gasteiger partial charge in [0.15, 0.2) is 9.84 Å². The van der Waals surface area contributed by atoms with E-state index in [1.54, 1.807) is 0 Å². The Kier molecular flexibility index (Phi) is 4.65. The summed E-state index contributed by atoms with van der Waals surface area (Å²) in [5.41, 5.74) is 3.05. The van der Waals surface area contributed by atoms with Gasteiger partial charge in [0.1, 0.15) is 11.4 Å². The number of rotatable bonds is 4. The Morgan fingerprint density at radius 1 is 1.13 bits per heavy atom. The fourth-order valence-electron chi connectivity index (χ4n) is 3.41. The first-order valence-corrected chi connectivity index (χ1v) is 10.9. The number of aromatic nitrogens is 2. The monoisotopic (exact) mass is 426 g/mol. The maximum Gasteiger partial charge on any atom is 0.282 e. The van der Waals surface area contributed by atoms with Gasteiger partial charge >= 0.3 is 0 Å². The van der Waals surface area contributed by atoms with Gasteiger partial charge in [0.05, 0.1) is 27.8 Å². The third kappa shape index (κ3) is 3.45. The van der Waals surface area contributed by atoms with Crippen LogP contribution in [0.15, 0.2) is 42.5 Å². The quantitative estimate of drug-likeness (QED) is 0.505. The summed E-state index contributed by atoms with van der Waals surface area (Å²) in [7, 11) is -3.36. The van der Waals surface area contributed by atoms with Crippen molar-refractivity contribution in [1.29, 1.82) is 0 Å². The lowest BCUT2D eigenvalue weighted by atomic mass is 10.1. The van der Waals surface area contributed by atoms with Gasteiger partial charge in [0.25, 0.3) is 11.6 Å². The number of para-hydroxylation sites is 1. The molecule has 2 heterocycles. The molecule has 9 nitrogen and oxygen atoms in total. The lowest BCUT2D eigenvalue weighted by Gasteiger charge is -2.12. The molecule has 0 unspecified atom stereocenters. The van der Waals surface area contributed by atoms with Gasteiger partial charge in [-0.25, -0.2) is 13.1 Å². The summed E-state index contributed by atoms with van der Waals surface area (Å²) >= 11 is 0. The number of sulfone groups is 1. The number of anilines is 1. The molecular formula is C20H18N4O5S. The third-order valence-corrected chi connectivity index (χ3v) is 6.54. The molecule has 0 atom stereocenters. The van der Waals surface area contributed by atoms with Crippen LogP contribution in [-0.2, 0) is 21.3 Å². The second-order valence-electron chi connectivity index (χ2n) is 7.21. The number of carbonyl (C=O) groups excluding carboxylic acids is 1. The molecule has 10 heteroatoms. The fraction of sp³-hybridized carbons (Fsp3) is 0.200. The largest absolute Gasteiger partial charge is 0.306 e. The van der Waals surface area contributed by atoms with Crippen molar-refractivity contribution in [1.82, 2.24) is 9.78 Å². The van der Waals surface area contributed by atoms with E-state index >= 15 is 0 Å². The van der Waals surface area contributed by atoms with Crippen LogP contribution in [0.2, 0.25) is 0 Å². The molecule has 0 saturated heterocycles. The maximum atomic E-state index is 12.9. The van der Waals surface area contributed by atoms with Crippen molar-refractivity contribution in [2.24, 2.45) is 0 Å². The highest BCUT2D eigenvalue weighted by Crippen LogP contribution is 2.34. The van der Waals surface area contributed by atoms with Crippen LogP contribution >= 0.6 is 0 Å². The van der Waals surface area contributed by atoms with Crippen molar-refractivity contribution in [2.75, 3.05) is 5.32 Å². The van der Waals surface area contributed by atoms with Crippen LogP contribution in [0.1, 0.15) is 32.7 Å². The van der Waals surface area contributed by atoms with Gasteiger partial charge in [-0.1, -0.05) is 18.2 Å². The molecule has 0 fully saturated rings. The lowest BCUT2D eigenvalue weighted by Crippen LogP contribution is -2.18. The number of nitrogens with zero attached hydrogens (tertiary/aromatic N) is 3. The number of hydrogen-bond acceptors (Lipinski definition) is 6. The van der Waals surface area contributed by atoms with Crippen LogP contribution in [0, 0.1) is 24.0 Å². The van der Waals surface area contributed by atoms with Crippen molar-refractivity contribution in [3.8, 4) is 5.69 Å². The maximum absolute atomic E-state index is 12.9. The molecule has 0 bridgehead atoms. The highest BCUT2D eigenvalue weighted by atomic mass is 32.2. The standard InChI is InChI=1S/C20H18N4O5S/c1-12-7-8-14(9-13(12)2)23-19(16-10-30(28,29)11-17(16)22-23)21-20(25)15-5-3-4-6-18(15)24(26)27/h3-9H,10-11H2,1-2H3,(H,21,25). The summed E-state index contributed by atoms with van der Waals surface area (Å²) < 4.78 is 25.7. The summed E-state index contributed by atoms with van der Waals surface area (Å²) in [5, 5.41) is 18.4. The van der Waals surface area contributed by atoms with Crippen LogP contribution in [0.3, 0.4) is 0 Å². The summed E-state index contributed by atoms with van der Waals surface area (Å²) in [6.45, 7) is 3.90. The zero-order valence-corrected chi connectivity index (χ0v) is 17.1. The first-order chi connectivity index (χ1) is 14.2. The minimum atomic E-state index is -3.36. The Morgan fingerprint density at radius 3 is 2.57 bits per heavy atom. The van der Waals surface area contributed by atoms with Crippen molar-refractivity contribution in [3.63, 3.8) is 0 Å². The topological polar surface area (TPSA) is 124 Å². The molecule has 1 aliphatic heterocycles. The Labute approximate surface area is 172 Å². The molecule has 0 aliphatic carbocycles. The Morgan fingerprint density at radius 2 is 1.87 bits per heavy atom. The number of nitrogens with one attached hydrogen (secondary N) is 1. The normalized spacial score (nSPS) is 14.3. The van der Waals surface area contributed by atoms with E-state index in [1.165, 1.54) is 28.9 Å². The number of aryl methyl sites for hydroxylation is 2. The first kappa shape index (κ1) is 19.8. The third-order valence-electron chi connectivity index (χ3n) is 5.10. The van der Waals surface area contributed by atoms with Gasteiger partial charge in [0.2, 0.25) is 0 Å². The second kappa shape index (κ2) is 7.06.